The van der Waals surface area contributed by atoms with E-state index in [9.17, 15) is 14.9 Å². The van der Waals surface area contributed by atoms with Crippen LogP contribution in [0.4, 0.5) is 5.88 Å². The lowest BCUT2D eigenvalue weighted by Crippen LogP contribution is -2.42. The van der Waals surface area contributed by atoms with Gasteiger partial charge in [-0.25, -0.2) is 0 Å². The summed E-state index contributed by atoms with van der Waals surface area (Å²) in [6.07, 6.45) is 7.56. The van der Waals surface area contributed by atoms with Gasteiger partial charge in [-0.3, -0.25) is 14.9 Å². The second-order valence-electron chi connectivity index (χ2n) is 6.52. The third kappa shape index (κ3) is 3.90. The molecule has 126 valence electrons. The Hall–Kier alpha value is -1.89. The molecule has 0 radical (unpaired) electrons. The number of furan rings is 1. The SMILES string of the molecule is O=C(NCC1CCN(C2CCCC2)CC1)c1ccc([N+](=O)[O-])o1. The maximum atomic E-state index is 12.0. The van der Waals surface area contributed by atoms with E-state index in [1.165, 1.54) is 37.8 Å². The van der Waals surface area contributed by atoms with Crippen molar-refractivity contribution in [2.45, 2.75) is 44.6 Å². The predicted octanol–water partition coefficient (Wildman–Crippen LogP) is 2.57. The molecule has 1 amide bonds. The fourth-order valence-corrected chi connectivity index (χ4v) is 3.66. The first-order chi connectivity index (χ1) is 11.1. The fourth-order valence-electron chi connectivity index (χ4n) is 3.66. The molecule has 7 nitrogen and oxygen atoms in total. The number of likely N-dealkylation sites (tertiary alicyclic amines) is 1. The van der Waals surface area contributed by atoms with Crippen molar-refractivity contribution in [2.75, 3.05) is 19.6 Å². The summed E-state index contributed by atoms with van der Waals surface area (Å²) >= 11 is 0. The lowest BCUT2D eigenvalue weighted by atomic mass is 9.95. The molecule has 3 rings (SSSR count). The monoisotopic (exact) mass is 321 g/mol. The highest BCUT2D eigenvalue weighted by Crippen LogP contribution is 2.27. The minimum Gasteiger partial charge on any atom is -0.395 e. The van der Waals surface area contributed by atoms with Crippen LogP contribution in [-0.2, 0) is 0 Å². The van der Waals surface area contributed by atoms with Gasteiger partial charge in [0.05, 0.1) is 6.07 Å². The van der Waals surface area contributed by atoms with Crippen molar-refractivity contribution in [1.82, 2.24) is 10.2 Å². The van der Waals surface area contributed by atoms with Crippen LogP contribution in [0.5, 0.6) is 0 Å². The lowest BCUT2D eigenvalue weighted by Gasteiger charge is -2.36. The number of carbonyl (C=O) groups excluding carboxylic acids is 1. The summed E-state index contributed by atoms with van der Waals surface area (Å²) < 4.78 is 4.91. The largest absolute Gasteiger partial charge is 0.433 e. The summed E-state index contributed by atoms with van der Waals surface area (Å²) in [6.45, 7) is 2.82. The quantitative estimate of drug-likeness (QED) is 0.665. The van der Waals surface area contributed by atoms with Crippen LogP contribution in [0.2, 0.25) is 0 Å². The molecular formula is C16H23N3O4. The molecule has 1 N–H and O–H groups in total. The van der Waals surface area contributed by atoms with Crippen LogP contribution in [-0.4, -0.2) is 41.4 Å². The molecule has 1 saturated carbocycles. The van der Waals surface area contributed by atoms with Gasteiger partial charge in [-0.1, -0.05) is 12.8 Å². The summed E-state index contributed by atoms with van der Waals surface area (Å²) in [5.41, 5.74) is 0. The molecule has 1 saturated heterocycles. The third-order valence-corrected chi connectivity index (χ3v) is 5.04. The molecule has 1 aromatic rings. The molecule has 2 aliphatic rings. The molecule has 1 aromatic heterocycles. The minimum absolute atomic E-state index is 0.0000848. The van der Waals surface area contributed by atoms with E-state index in [2.05, 4.69) is 10.2 Å². The number of piperidine rings is 1. The van der Waals surface area contributed by atoms with Crippen LogP contribution in [0.3, 0.4) is 0 Å². The summed E-state index contributed by atoms with van der Waals surface area (Å²) in [5.74, 6) is -0.307. The Morgan fingerprint density at radius 2 is 1.96 bits per heavy atom. The first-order valence-electron chi connectivity index (χ1n) is 8.40. The standard InChI is InChI=1S/C16H23N3O4/c20-16(14-5-6-15(23-14)19(21)22)17-11-12-7-9-18(10-8-12)13-3-1-2-4-13/h5-6,12-13H,1-4,7-11H2,(H,17,20). The Balaban J connectivity index is 1.42. The number of rotatable bonds is 5. The summed E-state index contributed by atoms with van der Waals surface area (Å²) in [7, 11) is 0. The molecule has 0 atom stereocenters. The fraction of sp³-hybridized carbons (Fsp3) is 0.688. The number of hydrogen-bond donors (Lipinski definition) is 1. The van der Waals surface area contributed by atoms with Crippen LogP contribution in [0, 0.1) is 16.0 Å². The molecule has 1 aliphatic carbocycles. The van der Waals surface area contributed by atoms with Gasteiger partial charge in [0.2, 0.25) is 0 Å². The second kappa shape index (κ2) is 7.12. The smallest absolute Gasteiger partial charge is 0.395 e. The molecule has 0 bridgehead atoms. The summed E-state index contributed by atoms with van der Waals surface area (Å²) in [6, 6.07) is 3.32. The summed E-state index contributed by atoms with van der Waals surface area (Å²) in [5, 5.41) is 13.4. The third-order valence-electron chi connectivity index (χ3n) is 5.04. The van der Waals surface area contributed by atoms with Gasteiger partial charge in [0.1, 0.15) is 4.92 Å². The number of amides is 1. The number of nitrogens with zero attached hydrogens (tertiary/aromatic N) is 2. The zero-order valence-electron chi connectivity index (χ0n) is 13.2. The van der Waals surface area contributed by atoms with Gasteiger partial charge in [-0.2, -0.15) is 0 Å². The Morgan fingerprint density at radius 3 is 2.57 bits per heavy atom. The minimum atomic E-state index is -0.643. The van der Waals surface area contributed by atoms with Gasteiger partial charge >= 0.3 is 5.88 Å². The first kappa shape index (κ1) is 16.0. The Kier molecular flexibility index (Phi) is 4.95. The molecular weight excluding hydrogens is 298 g/mol. The predicted molar refractivity (Wildman–Crippen MR) is 84.2 cm³/mol. The van der Waals surface area contributed by atoms with Gasteiger partial charge in [-0.15, -0.1) is 0 Å². The van der Waals surface area contributed by atoms with Gasteiger partial charge in [-0.05, 0) is 50.8 Å². The van der Waals surface area contributed by atoms with E-state index >= 15 is 0 Å². The first-order valence-corrected chi connectivity index (χ1v) is 8.40. The highest BCUT2D eigenvalue weighted by Gasteiger charge is 2.27. The average molecular weight is 321 g/mol. The maximum Gasteiger partial charge on any atom is 0.433 e. The van der Waals surface area contributed by atoms with Crippen molar-refractivity contribution < 1.29 is 14.1 Å². The number of nitro groups is 1. The number of carbonyl (C=O) groups is 1. The van der Waals surface area contributed by atoms with Gasteiger partial charge in [0.25, 0.3) is 5.91 Å². The number of nitrogens with one attached hydrogen (secondary N) is 1. The molecule has 0 spiro atoms. The topological polar surface area (TPSA) is 88.6 Å². The van der Waals surface area contributed by atoms with Crippen molar-refractivity contribution in [2.24, 2.45) is 5.92 Å². The van der Waals surface area contributed by atoms with E-state index in [4.69, 9.17) is 4.42 Å². The van der Waals surface area contributed by atoms with Crippen molar-refractivity contribution in [3.05, 3.63) is 28.0 Å². The molecule has 23 heavy (non-hydrogen) atoms. The highest BCUT2D eigenvalue weighted by atomic mass is 16.6. The van der Waals surface area contributed by atoms with E-state index in [0.717, 1.165) is 32.0 Å². The molecule has 1 aliphatic heterocycles. The van der Waals surface area contributed by atoms with Crippen LogP contribution < -0.4 is 5.32 Å². The van der Waals surface area contributed by atoms with Crippen molar-refractivity contribution in [1.29, 1.82) is 0 Å². The van der Waals surface area contributed by atoms with Crippen LogP contribution >= 0.6 is 0 Å². The van der Waals surface area contributed by atoms with E-state index < -0.39 is 10.8 Å². The molecule has 2 fully saturated rings. The zero-order valence-corrected chi connectivity index (χ0v) is 13.2. The zero-order chi connectivity index (χ0) is 16.2. The average Bonchev–Trinajstić information content (AvgIpc) is 3.24. The van der Waals surface area contributed by atoms with Gasteiger partial charge < -0.3 is 14.6 Å². The van der Waals surface area contributed by atoms with E-state index in [0.29, 0.717) is 12.5 Å². The highest BCUT2D eigenvalue weighted by molar-refractivity contribution is 5.91. The normalized spacial score (nSPS) is 20.7. The lowest BCUT2D eigenvalue weighted by molar-refractivity contribution is -0.402. The number of hydrogen-bond acceptors (Lipinski definition) is 5. The molecule has 0 unspecified atom stereocenters. The Labute approximate surface area is 135 Å². The van der Waals surface area contributed by atoms with Gasteiger partial charge in [0, 0.05) is 12.6 Å². The Morgan fingerprint density at radius 1 is 1.26 bits per heavy atom. The summed E-state index contributed by atoms with van der Waals surface area (Å²) in [4.78, 5) is 24.5. The Bertz CT molecular complexity index is 557. The molecule has 2 heterocycles. The molecule has 0 aromatic carbocycles. The van der Waals surface area contributed by atoms with Crippen LogP contribution in [0.25, 0.3) is 0 Å². The maximum absolute atomic E-state index is 12.0. The van der Waals surface area contributed by atoms with Crippen molar-refractivity contribution >= 4 is 11.8 Å². The van der Waals surface area contributed by atoms with E-state index in [-0.39, 0.29) is 11.7 Å². The van der Waals surface area contributed by atoms with E-state index in [1.807, 2.05) is 0 Å². The molecule has 7 heteroatoms. The second-order valence-corrected chi connectivity index (χ2v) is 6.52. The van der Waals surface area contributed by atoms with Crippen LogP contribution in [0.1, 0.15) is 49.1 Å². The van der Waals surface area contributed by atoms with Crippen molar-refractivity contribution in [3.8, 4) is 0 Å². The van der Waals surface area contributed by atoms with Gasteiger partial charge in [0.15, 0.2) is 5.76 Å². The van der Waals surface area contributed by atoms with E-state index in [1.54, 1.807) is 0 Å². The van der Waals surface area contributed by atoms with Crippen molar-refractivity contribution in [3.63, 3.8) is 0 Å². The van der Waals surface area contributed by atoms with Crippen LogP contribution in [0.15, 0.2) is 16.5 Å².